The summed E-state index contributed by atoms with van der Waals surface area (Å²) >= 11 is 0. The van der Waals surface area contributed by atoms with E-state index in [-0.39, 0.29) is 23.8 Å². The third-order valence-electron chi connectivity index (χ3n) is 5.03. The minimum absolute atomic E-state index is 0.00971. The minimum atomic E-state index is -4.64. The van der Waals surface area contributed by atoms with Gasteiger partial charge in [-0.2, -0.15) is 13.2 Å². The summed E-state index contributed by atoms with van der Waals surface area (Å²) in [6, 6.07) is 5.05. The first-order chi connectivity index (χ1) is 13.5. The molecule has 154 valence electrons. The number of hydrogen-bond donors (Lipinski definition) is 3. The lowest BCUT2D eigenvalue weighted by Crippen LogP contribution is -2.22. The van der Waals surface area contributed by atoms with E-state index in [2.05, 4.69) is 20.3 Å². The predicted octanol–water partition coefficient (Wildman–Crippen LogP) is 3.83. The van der Waals surface area contributed by atoms with Crippen molar-refractivity contribution in [2.45, 2.75) is 24.6 Å². The van der Waals surface area contributed by atoms with E-state index in [4.69, 9.17) is 0 Å². The zero-order valence-corrected chi connectivity index (χ0v) is 16.7. The number of rotatable bonds is 5. The molecule has 29 heavy (non-hydrogen) atoms. The van der Waals surface area contributed by atoms with Crippen molar-refractivity contribution in [3.8, 4) is 11.3 Å². The Bertz CT molecular complexity index is 1130. The Kier molecular flexibility index (Phi) is 4.51. The Hall–Kier alpha value is -2.38. The lowest BCUT2D eigenvalue weighted by atomic mass is 10.1. The van der Waals surface area contributed by atoms with Crippen molar-refractivity contribution in [1.29, 1.82) is 0 Å². The summed E-state index contributed by atoms with van der Waals surface area (Å²) < 4.78 is 53.5. The number of hydrogen-bond acceptors (Lipinski definition) is 5. The molecule has 10 heteroatoms. The number of halogens is 3. The van der Waals surface area contributed by atoms with Gasteiger partial charge in [-0.3, -0.25) is 0 Å². The maximum absolute atomic E-state index is 13.6. The molecule has 1 saturated carbocycles. The quantitative estimate of drug-likeness (QED) is 0.542. The van der Waals surface area contributed by atoms with Gasteiger partial charge in [0.05, 0.1) is 16.8 Å². The van der Waals surface area contributed by atoms with Gasteiger partial charge in [0.25, 0.3) is 0 Å². The number of aliphatic hydroxyl groups is 1. The van der Waals surface area contributed by atoms with Crippen LogP contribution in [0, 0.1) is 0 Å². The first-order valence-electron chi connectivity index (χ1n) is 9.04. The number of aromatic amines is 1. The number of nitrogens with one attached hydrogen (secondary N) is 2. The van der Waals surface area contributed by atoms with E-state index in [0.29, 0.717) is 29.0 Å². The molecule has 0 atom stereocenters. The van der Waals surface area contributed by atoms with Gasteiger partial charge in [-0.05, 0) is 32.2 Å². The van der Waals surface area contributed by atoms with E-state index in [1.165, 1.54) is 6.20 Å². The SMILES string of the molecule is CP(C)(=O)c1cccc2c(-c3nc(NCC4(O)CC4)ncc3C(F)(F)F)c[nH]c12. The second kappa shape index (κ2) is 6.57. The van der Waals surface area contributed by atoms with Gasteiger partial charge in [0, 0.05) is 35.2 Å². The zero-order chi connectivity index (χ0) is 21.0. The van der Waals surface area contributed by atoms with Crippen LogP contribution in [0.3, 0.4) is 0 Å². The van der Waals surface area contributed by atoms with Crippen LogP contribution in [0.1, 0.15) is 18.4 Å². The number of alkyl halides is 3. The molecule has 3 N–H and O–H groups in total. The van der Waals surface area contributed by atoms with Crippen LogP contribution in [0.5, 0.6) is 0 Å². The Morgan fingerprint density at radius 2 is 2.03 bits per heavy atom. The van der Waals surface area contributed by atoms with E-state index in [0.717, 1.165) is 6.20 Å². The van der Waals surface area contributed by atoms with E-state index in [9.17, 15) is 22.8 Å². The smallest absolute Gasteiger partial charge is 0.388 e. The van der Waals surface area contributed by atoms with Gasteiger partial charge in [0.2, 0.25) is 5.95 Å². The van der Waals surface area contributed by atoms with Crippen molar-refractivity contribution in [2.24, 2.45) is 0 Å². The van der Waals surface area contributed by atoms with E-state index in [1.807, 2.05) is 0 Å². The lowest BCUT2D eigenvalue weighted by Gasteiger charge is -2.14. The third kappa shape index (κ3) is 3.89. The summed E-state index contributed by atoms with van der Waals surface area (Å²) in [6.45, 7) is 3.39. The molecule has 0 aliphatic heterocycles. The molecule has 3 aromatic rings. The number of fused-ring (bicyclic) bond motifs is 1. The van der Waals surface area contributed by atoms with Crippen LogP contribution in [0.15, 0.2) is 30.6 Å². The van der Waals surface area contributed by atoms with Crippen molar-refractivity contribution < 1.29 is 22.8 Å². The van der Waals surface area contributed by atoms with Crippen LogP contribution in [0.25, 0.3) is 22.2 Å². The molecule has 1 aromatic carbocycles. The van der Waals surface area contributed by atoms with Crippen LogP contribution >= 0.6 is 7.14 Å². The minimum Gasteiger partial charge on any atom is -0.388 e. The maximum atomic E-state index is 13.6. The average molecular weight is 424 g/mol. The highest BCUT2D eigenvalue weighted by Crippen LogP contribution is 2.42. The molecule has 1 fully saturated rings. The summed E-state index contributed by atoms with van der Waals surface area (Å²) in [5, 5.41) is 13.8. The Balaban J connectivity index is 1.85. The van der Waals surface area contributed by atoms with Crippen LogP contribution in [-0.2, 0) is 10.7 Å². The zero-order valence-electron chi connectivity index (χ0n) is 15.8. The maximum Gasteiger partial charge on any atom is 0.419 e. The number of anilines is 1. The molecule has 0 bridgehead atoms. The van der Waals surface area contributed by atoms with Crippen molar-refractivity contribution in [3.05, 3.63) is 36.2 Å². The largest absolute Gasteiger partial charge is 0.419 e. The van der Waals surface area contributed by atoms with Crippen molar-refractivity contribution in [2.75, 3.05) is 25.2 Å². The molecule has 0 saturated heterocycles. The average Bonchev–Trinajstić information content (AvgIpc) is 3.21. The fourth-order valence-electron chi connectivity index (χ4n) is 3.23. The summed E-state index contributed by atoms with van der Waals surface area (Å²) in [7, 11) is -2.64. The first-order valence-corrected chi connectivity index (χ1v) is 11.6. The highest BCUT2D eigenvalue weighted by atomic mass is 31.2. The number of H-pyrrole nitrogens is 1. The molecule has 1 aliphatic rings. The van der Waals surface area contributed by atoms with Gasteiger partial charge in [-0.1, -0.05) is 12.1 Å². The second-order valence-corrected chi connectivity index (χ2v) is 11.0. The summed E-state index contributed by atoms with van der Waals surface area (Å²) in [5.74, 6) is 0.00971. The van der Waals surface area contributed by atoms with Gasteiger partial charge < -0.3 is 20.0 Å². The number of benzene rings is 1. The van der Waals surface area contributed by atoms with Crippen molar-refractivity contribution >= 4 is 29.3 Å². The molecule has 2 aromatic heterocycles. The fourth-order valence-corrected chi connectivity index (χ4v) is 4.40. The molecule has 0 radical (unpaired) electrons. The number of nitrogens with zero attached hydrogens (tertiary/aromatic N) is 2. The molecule has 6 nitrogen and oxygen atoms in total. The van der Waals surface area contributed by atoms with Gasteiger partial charge in [-0.15, -0.1) is 0 Å². The highest BCUT2D eigenvalue weighted by Gasteiger charge is 2.40. The normalized spacial score (nSPS) is 16.2. The van der Waals surface area contributed by atoms with Crippen LogP contribution in [-0.4, -0.2) is 45.5 Å². The molecular weight excluding hydrogens is 404 g/mol. The molecule has 4 rings (SSSR count). The second-order valence-electron chi connectivity index (χ2n) is 7.78. The predicted molar refractivity (Wildman–Crippen MR) is 106 cm³/mol. The monoisotopic (exact) mass is 424 g/mol. The molecule has 0 unspecified atom stereocenters. The molecule has 0 spiro atoms. The Morgan fingerprint density at radius 1 is 1.31 bits per heavy atom. The topological polar surface area (TPSA) is 90.9 Å². The van der Waals surface area contributed by atoms with Crippen LogP contribution < -0.4 is 10.6 Å². The Labute approximate surface area is 164 Å². The first kappa shape index (κ1) is 19.9. The highest BCUT2D eigenvalue weighted by molar-refractivity contribution is 7.70. The van der Waals surface area contributed by atoms with E-state index < -0.39 is 24.5 Å². The van der Waals surface area contributed by atoms with Gasteiger partial charge >= 0.3 is 6.18 Å². The lowest BCUT2D eigenvalue weighted by molar-refractivity contribution is -0.137. The molecule has 2 heterocycles. The van der Waals surface area contributed by atoms with Gasteiger partial charge in [0.15, 0.2) is 0 Å². The number of para-hydroxylation sites is 1. The summed E-state index contributed by atoms with van der Waals surface area (Å²) in [4.78, 5) is 10.9. The number of aromatic nitrogens is 3. The van der Waals surface area contributed by atoms with Crippen LogP contribution in [0.4, 0.5) is 19.1 Å². The van der Waals surface area contributed by atoms with Gasteiger partial charge in [0.1, 0.15) is 12.7 Å². The van der Waals surface area contributed by atoms with Crippen molar-refractivity contribution in [1.82, 2.24) is 15.0 Å². The van der Waals surface area contributed by atoms with Gasteiger partial charge in [-0.25, -0.2) is 9.97 Å². The molecular formula is C19H20F3N4O2P. The summed E-state index contributed by atoms with van der Waals surface area (Å²) in [6.07, 6.45) is -1.19. The van der Waals surface area contributed by atoms with E-state index in [1.54, 1.807) is 31.5 Å². The van der Waals surface area contributed by atoms with E-state index >= 15 is 0 Å². The molecule has 1 aliphatic carbocycles. The Morgan fingerprint density at radius 3 is 2.66 bits per heavy atom. The van der Waals surface area contributed by atoms with Crippen LogP contribution in [0.2, 0.25) is 0 Å². The fraction of sp³-hybridized carbons (Fsp3) is 0.368. The molecule has 0 amide bonds. The van der Waals surface area contributed by atoms with Crippen molar-refractivity contribution in [3.63, 3.8) is 0 Å². The third-order valence-corrected chi connectivity index (χ3v) is 6.56. The standard InChI is InChI=1S/C19H20F3N4O2P/c1-29(2,28)14-5-3-4-11-12(8-23-16(11)14)15-13(19(20,21)22)9-24-17(26-15)25-10-18(27)6-7-18/h3-5,8-9,23,27H,6-7,10H2,1-2H3,(H,24,25,26). The summed E-state index contributed by atoms with van der Waals surface area (Å²) in [5.41, 5.74) is -1.30.